The van der Waals surface area contributed by atoms with Gasteiger partial charge in [0, 0.05) is 0 Å². The molecular weight excluding hydrogens is 456 g/mol. The maximum atomic E-state index is 10.6. The molecule has 3 saturated heterocycles. The Morgan fingerprint density at radius 2 is 1.03 bits per heavy atom. The lowest BCUT2D eigenvalue weighted by atomic mass is 9.96. The third kappa shape index (κ3) is 5.32. The van der Waals surface area contributed by atoms with E-state index in [1.165, 1.54) is 6.92 Å². The SMILES string of the molecule is C[C@H]1O[C@@H](O[C@@H]2[C@@H](O[C@@H]3O[C@H](CO)[C@H](O)[C@H](O)[C@H]3O)[C@H](O)[C@@H](CO)O[C@H]2O)[C@@H](O)[C@@H](O)[C@@H]1O. The molecule has 0 bridgehead atoms. The fourth-order valence-electron chi connectivity index (χ4n) is 3.97. The second kappa shape index (κ2) is 11.0. The van der Waals surface area contributed by atoms with Crippen LogP contribution in [0.4, 0.5) is 0 Å². The van der Waals surface area contributed by atoms with Crippen molar-refractivity contribution in [3.05, 3.63) is 0 Å². The van der Waals surface area contributed by atoms with Crippen LogP contribution in [0, 0.1) is 0 Å². The Morgan fingerprint density at radius 1 is 0.545 bits per heavy atom. The predicted molar refractivity (Wildman–Crippen MR) is 99.8 cm³/mol. The molecule has 0 aromatic carbocycles. The highest BCUT2D eigenvalue weighted by Crippen LogP contribution is 2.32. The number of hydrogen-bond donors (Lipinski definition) is 10. The van der Waals surface area contributed by atoms with Gasteiger partial charge >= 0.3 is 0 Å². The average Bonchev–Trinajstić information content (AvgIpc) is 2.79. The van der Waals surface area contributed by atoms with E-state index in [1.807, 2.05) is 0 Å². The van der Waals surface area contributed by atoms with Crippen molar-refractivity contribution in [2.24, 2.45) is 0 Å². The zero-order chi connectivity index (χ0) is 24.6. The van der Waals surface area contributed by atoms with Gasteiger partial charge in [0.25, 0.3) is 0 Å². The molecule has 3 aliphatic rings. The van der Waals surface area contributed by atoms with E-state index in [1.54, 1.807) is 0 Å². The molecule has 0 aromatic heterocycles. The van der Waals surface area contributed by atoms with Gasteiger partial charge in [0.1, 0.15) is 67.1 Å². The van der Waals surface area contributed by atoms with Crippen LogP contribution in [-0.2, 0) is 23.7 Å². The Morgan fingerprint density at radius 3 is 1.61 bits per heavy atom. The molecule has 3 aliphatic heterocycles. The summed E-state index contributed by atoms with van der Waals surface area (Å²) in [6.07, 6.45) is -24.1. The maximum Gasteiger partial charge on any atom is 0.187 e. The Balaban J connectivity index is 1.82. The van der Waals surface area contributed by atoms with E-state index < -0.39 is 105 Å². The molecule has 0 unspecified atom stereocenters. The molecule has 0 aliphatic carbocycles. The first kappa shape index (κ1) is 27.0. The van der Waals surface area contributed by atoms with Gasteiger partial charge in [-0.05, 0) is 6.92 Å². The number of aliphatic hydroxyl groups excluding tert-OH is 10. The fourth-order valence-corrected chi connectivity index (χ4v) is 3.97. The molecule has 15 heteroatoms. The van der Waals surface area contributed by atoms with Gasteiger partial charge in [0.15, 0.2) is 18.9 Å². The monoisotopic (exact) mass is 488 g/mol. The number of aliphatic hydroxyl groups is 10. The molecule has 3 fully saturated rings. The Labute approximate surface area is 187 Å². The topological polar surface area (TPSA) is 248 Å². The molecule has 3 rings (SSSR count). The minimum absolute atomic E-state index is 0.747. The predicted octanol–water partition coefficient (Wildman–Crippen LogP) is -6.55. The highest BCUT2D eigenvalue weighted by atomic mass is 16.8. The molecule has 0 aromatic rings. The van der Waals surface area contributed by atoms with Crippen LogP contribution >= 0.6 is 0 Å². The van der Waals surface area contributed by atoms with Crippen molar-refractivity contribution in [2.75, 3.05) is 13.2 Å². The number of hydrogen-bond acceptors (Lipinski definition) is 15. The Bertz CT molecular complexity index is 624. The van der Waals surface area contributed by atoms with E-state index in [-0.39, 0.29) is 0 Å². The van der Waals surface area contributed by atoms with Crippen LogP contribution in [-0.4, -0.2) is 156 Å². The quantitative estimate of drug-likeness (QED) is 0.167. The molecule has 194 valence electrons. The molecule has 10 N–H and O–H groups in total. The number of ether oxygens (including phenoxy) is 5. The third-order valence-electron chi connectivity index (χ3n) is 6.06. The Kier molecular flexibility index (Phi) is 8.99. The summed E-state index contributed by atoms with van der Waals surface area (Å²) < 4.78 is 26.7. The third-order valence-corrected chi connectivity index (χ3v) is 6.06. The van der Waals surface area contributed by atoms with Crippen LogP contribution in [0.5, 0.6) is 0 Å². The van der Waals surface area contributed by atoms with Crippen molar-refractivity contribution in [3.8, 4) is 0 Å². The minimum atomic E-state index is -1.88. The molecule has 0 amide bonds. The van der Waals surface area contributed by atoms with Crippen molar-refractivity contribution in [2.45, 2.75) is 99.0 Å². The molecule has 0 spiro atoms. The van der Waals surface area contributed by atoms with Gasteiger partial charge in [-0.2, -0.15) is 0 Å². The smallest absolute Gasteiger partial charge is 0.187 e. The minimum Gasteiger partial charge on any atom is -0.394 e. The van der Waals surface area contributed by atoms with E-state index in [2.05, 4.69) is 0 Å². The summed E-state index contributed by atoms with van der Waals surface area (Å²) in [5.41, 5.74) is 0. The highest BCUT2D eigenvalue weighted by molar-refractivity contribution is 4.96. The summed E-state index contributed by atoms with van der Waals surface area (Å²) in [6, 6.07) is 0. The lowest BCUT2D eigenvalue weighted by Crippen LogP contribution is -2.66. The van der Waals surface area contributed by atoms with E-state index in [9.17, 15) is 51.1 Å². The van der Waals surface area contributed by atoms with Crippen LogP contribution in [0.15, 0.2) is 0 Å². The molecule has 15 atom stereocenters. The van der Waals surface area contributed by atoms with E-state index in [0.717, 1.165) is 0 Å². The largest absolute Gasteiger partial charge is 0.394 e. The first-order valence-corrected chi connectivity index (χ1v) is 10.4. The summed E-state index contributed by atoms with van der Waals surface area (Å²) >= 11 is 0. The standard InChI is InChI=1S/C18H32O15/c1-4-7(21)10(24)12(26)17(29-4)33-15-14(9(23)6(3-20)30-16(15)28)32-18-13(27)11(25)8(22)5(2-19)31-18/h4-28H,2-3H2,1H3/t4-,5-,6-,7-,8+,9-,10+,11+,12+,13-,14+,15-,16-,17+,18+/m1/s1. The van der Waals surface area contributed by atoms with Crippen molar-refractivity contribution in [1.82, 2.24) is 0 Å². The summed E-state index contributed by atoms with van der Waals surface area (Å²) in [7, 11) is 0. The van der Waals surface area contributed by atoms with Crippen molar-refractivity contribution in [1.29, 1.82) is 0 Å². The van der Waals surface area contributed by atoms with Crippen LogP contribution in [0.2, 0.25) is 0 Å². The van der Waals surface area contributed by atoms with Crippen LogP contribution in [0.3, 0.4) is 0 Å². The molecule has 3 heterocycles. The average molecular weight is 488 g/mol. The van der Waals surface area contributed by atoms with Gasteiger partial charge in [-0.25, -0.2) is 0 Å². The zero-order valence-electron chi connectivity index (χ0n) is 17.6. The van der Waals surface area contributed by atoms with Crippen molar-refractivity contribution < 1.29 is 74.7 Å². The van der Waals surface area contributed by atoms with Gasteiger partial charge in [-0.3, -0.25) is 0 Å². The van der Waals surface area contributed by atoms with E-state index >= 15 is 0 Å². The highest BCUT2D eigenvalue weighted by Gasteiger charge is 2.53. The zero-order valence-corrected chi connectivity index (χ0v) is 17.6. The van der Waals surface area contributed by atoms with Gasteiger partial charge in [-0.15, -0.1) is 0 Å². The number of rotatable bonds is 6. The lowest BCUT2D eigenvalue weighted by Gasteiger charge is -2.48. The van der Waals surface area contributed by atoms with Gasteiger partial charge < -0.3 is 74.7 Å². The van der Waals surface area contributed by atoms with Crippen LogP contribution in [0.1, 0.15) is 6.92 Å². The summed E-state index contributed by atoms with van der Waals surface area (Å²) in [5.74, 6) is 0. The Hall–Kier alpha value is -0.600. The van der Waals surface area contributed by atoms with Crippen LogP contribution < -0.4 is 0 Å². The second-order valence-electron chi connectivity index (χ2n) is 8.32. The van der Waals surface area contributed by atoms with Gasteiger partial charge in [-0.1, -0.05) is 0 Å². The first-order chi connectivity index (χ1) is 15.5. The van der Waals surface area contributed by atoms with Crippen LogP contribution in [0.25, 0.3) is 0 Å². The second-order valence-corrected chi connectivity index (χ2v) is 8.32. The summed E-state index contributed by atoms with van der Waals surface area (Å²) in [5, 5.41) is 100.0. The molecule has 15 nitrogen and oxygen atoms in total. The molecule has 0 saturated carbocycles. The van der Waals surface area contributed by atoms with E-state index in [4.69, 9.17) is 23.7 Å². The maximum absolute atomic E-state index is 10.6. The van der Waals surface area contributed by atoms with Gasteiger partial charge in [0.2, 0.25) is 0 Å². The summed E-state index contributed by atoms with van der Waals surface area (Å²) in [6.45, 7) is -0.115. The summed E-state index contributed by atoms with van der Waals surface area (Å²) in [4.78, 5) is 0. The van der Waals surface area contributed by atoms with Crippen molar-refractivity contribution >= 4 is 0 Å². The van der Waals surface area contributed by atoms with E-state index in [0.29, 0.717) is 0 Å². The normalized spacial score (nSPS) is 53.7. The fraction of sp³-hybridized carbons (Fsp3) is 1.00. The molecule has 0 radical (unpaired) electrons. The molecule has 33 heavy (non-hydrogen) atoms. The molecular formula is C18H32O15. The van der Waals surface area contributed by atoms with Gasteiger partial charge in [0.05, 0.1) is 19.3 Å². The van der Waals surface area contributed by atoms with Crippen molar-refractivity contribution in [3.63, 3.8) is 0 Å². The first-order valence-electron chi connectivity index (χ1n) is 10.4. The lowest BCUT2D eigenvalue weighted by molar-refractivity contribution is -0.386.